The number of carbonyl (C=O) groups is 2. The van der Waals surface area contributed by atoms with E-state index in [9.17, 15) is 18.0 Å². The molecule has 2 atom stereocenters. The molecule has 7 rings (SSSR count). The minimum absolute atomic E-state index is 0.0451. The predicted octanol–water partition coefficient (Wildman–Crippen LogP) is 4.32. The van der Waals surface area contributed by atoms with Gasteiger partial charge < -0.3 is 18.8 Å². The van der Waals surface area contributed by atoms with Gasteiger partial charge in [0, 0.05) is 95.6 Å². The number of carbonyl (C=O) groups excluding carboxylic acids is 2. The van der Waals surface area contributed by atoms with Crippen LogP contribution in [0.25, 0.3) is 22.2 Å². The first kappa shape index (κ1) is 34.3. The van der Waals surface area contributed by atoms with Crippen LogP contribution in [-0.4, -0.2) is 96.8 Å². The Hall–Kier alpha value is -4.20. The molecule has 1 N–H and O–H groups in total. The highest BCUT2D eigenvalue weighted by atomic mass is 32.2. The van der Waals surface area contributed by atoms with E-state index in [1.165, 1.54) is 26.1 Å². The lowest BCUT2D eigenvalue weighted by Crippen LogP contribution is -2.47. The molecule has 3 aliphatic rings. The number of aryl methyl sites for hydroxylation is 1. The molecule has 50 heavy (non-hydrogen) atoms. The van der Waals surface area contributed by atoms with Gasteiger partial charge in [0.15, 0.2) is 0 Å². The number of methoxy groups -OCH3 is 1. The van der Waals surface area contributed by atoms with Crippen LogP contribution in [0.3, 0.4) is 0 Å². The molecule has 0 spiro atoms. The molecule has 2 unspecified atom stereocenters. The zero-order valence-electron chi connectivity index (χ0n) is 29.8. The third kappa shape index (κ3) is 5.68. The molecule has 2 fully saturated rings. The highest BCUT2D eigenvalue weighted by Crippen LogP contribution is 2.55. The Morgan fingerprint density at radius 1 is 1.04 bits per heavy atom. The first-order chi connectivity index (χ1) is 23.8. The fraction of sp³-hybridized carbons (Fsp3) is 0.486. The van der Waals surface area contributed by atoms with Crippen LogP contribution in [-0.2, 0) is 35.1 Å². The zero-order chi connectivity index (χ0) is 35.5. The largest absolute Gasteiger partial charge is 0.497 e. The Kier molecular flexibility index (Phi) is 8.80. The van der Waals surface area contributed by atoms with Gasteiger partial charge in [0.1, 0.15) is 5.75 Å². The lowest BCUT2D eigenvalue weighted by atomic mass is 9.72. The van der Waals surface area contributed by atoms with E-state index in [0.29, 0.717) is 32.1 Å². The number of fused-ring (bicyclic) bond motifs is 7. The van der Waals surface area contributed by atoms with Gasteiger partial charge in [-0.3, -0.25) is 14.5 Å². The number of imidazole rings is 1. The average molecular weight is 702 g/mol. The molecular weight excluding hydrogens is 655 g/mol. The Morgan fingerprint density at radius 3 is 2.46 bits per heavy atom. The van der Waals surface area contributed by atoms with Gasteiger partial charge in [-0.2, -0.15) is 12.7 Å². The third-order valence-electron chi connectivity index (χ3n) is 11.2. The maximum absolute atomic E-state index is 14.8. The van der Waals surface area contributed by atoms with Crippen LogP contribution in [0.15, 0.2) is 48.9 Å². The van der Waals surface area contributed by atoms with Gasteiger partial charge in [-0.05, 0) is 60.2 Å². The number of hydrogen-bond donors (Lipinski definition) is 1. The van der Waals surface area contributed by atoms with Crippen molar-refractivity contribution in [3.63, 3.8) is 0 Å². The molecule has 1 saturated heterocycles. The standard InChI is InChI=1S/C37H47N7O5S/c1-40(2)36(46)37-21-43(19-26-18-38-23-42(26)5)20-31(37)30-17-27(49-6)13-15-28(30)34-33(24-10-8-7-9-11-24)29-14-12-25(16-32(29)44(34)22-37)35(45)39-50(47,48)41(3)4/h12-18,23-24,31H,7-11,19-22H2,1-6H3,(H,39,45). The third-order valence-corrected chi connectivity index (χ3v) is 12.6. The number of hydrogen-bond acceptors (Lipinski definition) is 7. The minimum Gasteiger partial charge on any atom is -0.497 e. The van der Waals surface area contributed by atoms with Crippen molar-refractivity contribution in [3.8, 4) is 17.0 Å². The van der Waals surface area contributed by atoms with Gasteiger partial charge in [0.25, 0.3) is 5.91 Å². The smallest absolute Gasteiger partial charge is 0.303 e. The quantitative estimate of drug-likeness (QED) is 0.291. The fourth-order valence-electron chi connectivity index (χ4n) is 8.68. The Bertz CT molecular complexity index is 2080. The summed E-state index contributed by atoms with van der Waals surface area (Å²) in [5.74, 6) is 0.246. The van der Waals surface area contributed by atoms with E-state index in [0.717, 1.165) is 69.2 Å². The summed E-state index contributed by atoms with van der Waals surface area (Å²) in [6.07, 6.45) is 9.29. The number of nitrogens with one attached hydrogen (secondary N) is 1. The molecule has 4 aromatic rings. The maximum atomic E-state index is 14.8. The van der Waals surface area contributed by atoms with Crippen molar-refractivity contribution in [1.82, 2.24) is 32.9 Å². The van der Waals surface area contributed by atoms with Crippen molar-refractivity contribution in [3.05, 3.63) is 71.3 Å². The molecule has 1 aliphatic carbocycles. The Labute approximate surface area is 294 Å². The maximum Gasteiger partial charge on any atom is 0.303 e. The summed E-state index contributed by atoms with van der Waals surface area (Å²) in [4.78, 5) is 36.7. The molecule has 2 aromatic heterocycles. The second kappa shape index (κ2) is 12.8. The number of rotatable bonds is 8. The van der Waals surface area contributed by atoms with Crippen LogP contribution in [0.1, 0.15) is 71.1 Å². The van der Waals surface area contributed by atoms with E-state index in [1.807, 2.05) is 50.1 Å². The van der Waals surface area contributed by atoms with Crippen molar-refractivity contribution in [1.29, 1.82) is 0 Å². The van der Waals surface area contributed by atoms with Gasteiger partial charge in [-0.1, -0.05) is 25.3 Å². The van der Waals surface area contributed by atoms with Crippen LogP contribution in [0.5, 0.6) is 5.75 Å². The number of benzene rings is 2. The Morgan fingerprint density at radius 2 is 1.80 bits per heavy atom. The lowest BCUT2D eigenvalue weighted by molar-refractivity contribution is -0.140. The number of aromatic nitrogens is 3. The van der Waals surface area contributed by atoms with E-state index in [1.54, 1.807) is 24.4 Å². The molecule has 0 radical (unpaired) electrons. The topological polar surface area (TPSA) is 122 Å². The first-order valence-corrected chi connectivity index (χ1v) is 18.8. The lowest BCUT2D eigenvalue weighted by Gasteiger charge is -2.35. The van der Waals surface area contributed by atoms with E-state index >= 15 is 0 Å². The molecule has 4 heterocycles. The van der Waals surface area contributed by atoms with Crippen molar-refractivity contribution < 1.29 is 22.7 Å². The molecule has 2 aromatic carbocycles. The Balaban J connectivity index is 1.48. The summed E-state index contributed by atoms with van der Waals surface area (Å²) >= 11 is 0. The normalized spacial score (nSPS) is 21.1. The second-order valence-corrected chi connectivity index (χ2v) is 16.5. The van der Waals surface area contributed by atoms with Crippen molar-refractivity contribution in [2.24, 2.45) is 12.5 Å². The summed E-state index contributed by atoms with van der Waals surface area (Å²) in [5.41, 5.74) is 5.77. The molecule has 2 aliphatic heterocycles. The SMILES string of the molecule is COc1ccc2c(c1)C1CN(Cc3cncn3C)CC1(C(=O)N(C)C)Cn1c-2c(C2CCCCC2)c2ccc(C(=O)NS(=O)(=O)N(C)C)cc21. The molecule has 266 valence electrons. The van der Waals surface area contributed by atoms with Crippen molar-refractivity contribution >= 4 is 32.9 Å². The number of nitrogens with zero attached hydrogens (tertiary/aromatic N) is 6. The highest BCUT2D eigenvalue weighted by molar-refractivity contribution is 7.87. The van der Waals surface area contributed by atoms with E-state index in [-0.39, 0.29) is 17.4 Å². The summed E-state index contributed by atoms with van der Waals surface area (Å²) in [6, 6.07) is 11.8. The predicted molar refractivity (Wildman–Crippen MR) is 192 cm³/mol. The molecule has 1 saturated carbocycles. The number of likely N-dealkylation sites (tertiary alicyclic amines) is 1. The summed E-state index contributed by atoms with van der Waals surface area (Å²) < 4.78 is 38.6. The molecular formula is C37H47N7O5S. The van der Waals surface area contributed by atoms with Gasteiger partial charge in [-0.15, -0.1) is 0 Å². The molecule has 0 bridgehead atoms. The second-order valence-electron chi connectivity index (χ2n) is 14.7. The zero-order valence-corrected chi connectivity index (χ0v) is 30.6. The van der Waals surface area contributed by atoms with Crippen LogP contribution >= 0.6 is 0 Å². The van der Waals surface area contributed by atoms with Gasteiger partial charge >= 0.3 is 10.2 Å². The summed E-state index contributed by atoms with van der Waals surface area (Å²) in [7, 11) is 6.07. The summed E-state index contributed by atoms with van der Waals surface area (Å²) in [6.45, 7) is 2.23. The van der Waals surface area contributed by atoms with Crippen molar-refractivity contribution in [2.75, 3.05) is 48.4 Å². The molecule has 12 nitrogen and oxygen atoms in total. The minimum atomic E-state index is -4.00. The first-order valence-electron chi connectivity index (χ1n) is 17.3. The van der Waals surface area contributed by atoms with E-state index in [2.05, 4.69) is 31.3 Å². The number of ether oxygens (including phenoxy) is 1. The van der Waals surface area contributed by atoms with Crippen LogP contribution in [0.2, 0.25) is 0 Å². The van der Waals surface area contributed by atoms with E-state index in [4.69, 9.17) is 4.74 Å². The van der Waals surface area contributed by atoms with Gasteiger partial charge in [0.2, 0.25) is 5.91 Å². The molecule has 13 heteroatoms. The summed E-state index contributed by atoms with van der Waals surface area (Å²) in [5, 5.41) is 1.04. The average Bonchev–Trinajstić information content (AvgIpc) is 3.75. The molecule has 2 amide bonds. The fourth-order valence-corrected chi connectivity index (χ4v) is 9.21. The van der Waals surface area contributed by atoms with Crippen LogP contribution in [0.4, 0.5) is 0 Å². The van der Waals surface area contributed by atoms with E-state index < -0.39 is 21.5 Å². The number of amides is 2. The van der Waals surface area contributed by atoms with Crippen LogP contribution in [0, 0.1) is 5.41 Å². The van der Waals surface area contributed by atoms with Gasteiger partial charge in [0.05, 0.1) is 30.2 Å². The highest BCUT2D eigenvalue weighted by Gasteiger charge is 2.56. The van der Waals surface area contributed by atoms with Crippen LogP contribution < -0.4 is 9.46 Å². The monoisotopic (exact) mass is 701 g/mol. The van der Waals surface area contributed by atoms with Crippen molar-refractivity contribution in [2.45, 2.75) is 57.0 Å². The van der Waals surface area contributed by atoms with Gasteiger partial charge in [-0.25, -0.2) is 9.71 Å².